The molecule has 1 aromatic heterocycles. The van der Waals surface area contributed by atoms with Crippen molar-refractivity contribution in [3.05, 3.63) is 30.1 Å². The SMILES string of the molecule is CCNc1nc(Nc2ccccc2F)nc(OC)n1. The molecule has 2 aromatic rings. The van der Waals surface area contributed by atoms with Gasteiger partial charge >= 0.3 is 6.01 Å². The third-order valence-corrected chi connectivity index (χ3v) is 2.25. The van der Waals surface area contributed by atoms with Crippen molar-refractivity contribution in [1.29, 1.82) is 0 Å². The maximum Gasteiger partial charge on any atom is 0.322 e. The highest BCUT2D eigenvalue weighted by Crippen LogP contribution is 2.18. The standard InChI is InChI=1S/C12H14FN5O/c1-3-14-10-16-11(18-12(17-10)19-2)15-9-7-5-4-6-8(9)13/h4-7H,3H2,1-2H3,(H2,14,15,16,17,18). The van der Waals surface area contributed by atoms with E-state index in [1.54, 1.807) is 18.2 Å². The van der Waals surface area contributed by atoms with E-state index in [0.29, 0.717) is 18.2 Å². The molecule has 1 heterocycles. The highest BCUT2D eigenvalue weighted by Gasteiger charge is 2.08. The van der Waals surface area contributed by atoms with E-state index in [1.165, 1.54) is 13.2 Å². The molecule has 0 amide bonds. The van der Waals surface area contributed by atoms with Gasteiger partial charge in [-0.05, 0) is 19.1 Å². The molecule has 19 heavy (non-hydrogen) atoms. The molecule has 0 aliphatic rings. The predicted molar refractivity (Wildman–Crippen MR) is 70.2 cm³/mol. The van der Waals surface area contributed by atoms with E-state index in [-0.39, 0.29) is 17.8 Å². The Kier molecular flexibility index (Phi) is 4.07. The minimum absolute atomic E-state index is 0.157. The highest BCUT2D eigenvalue weighted by molar-refractivity contribution is 5.54. The molecule has 0 unspecified atom stereocenters. The van der Waals surface area contributed by atoms with Crippen molar-refractivity contribution in [1.82, 2.24) is 15.0 Å². The maximum absolute atomic E-state index is 13.5. The topological polar surface area (TPSA) is 72.0 Å². The van der Waals surface area contributed by atoms with Crippen molar-refractivity contribution >= 4 is 17.6 Å². The second-order valence-electron chi connectivity index (χ2n) is 3.60. The molecule has 2 rings (SSSR count). The number of ether oxygens (including phenoxy) is 1. The molecule has 0 bridgehead atoms. The largest absolute Gasteiger partial charge is 0.467 e. The van der Waals surface area contributed by atoms with Gasteiger partial charge < -0.3 is 15.4 Å². The van der Waals surface area contributed by atoms with E-state index in [2.05, 4.69) is 25.6 Å². The van der Waals surface area contributed by atoms with E-state index in [4.69, 9.17) is 4.74 Å². The van der Waals surface area contributed by atoms with Gasteiger partial charge in [0.05, 0.1) is 12.8 Å². The molecule has 2 N–H and O–H groups in total. The first-order chi connectivity index (χ1) is 9.22. The van der Waals surface area contributed by atoms with Crippen LogP contribution in [0, 0.1) is 5.82 Å². The summed E-state index contributed by atoms with van der Waals surface area (Å²) in [6.45, 7) is 2.58. The number of nitrogens with zero attached hydrogens (tertiary/aromatic N) is 3. The second kappa shape index (κ2) is 5.94. The Morgan fingerprint density at radius 1 is 1.16 bits per heavy atom. The lowest BCUT2D eigenvalue weighted by Crippen LogP contribution is -2.08. The number of nitrogens with one attached hydrogen (secondary N) is 2. The van der Waals surface area contributed by atoms with E-state index in [9.17, 15) is 4.39 Å². The first-order valence-corrected chi connectivity index (χ1v) is 5.78. The molecule has 0 aliphatic heterocycles. The Morgan fingerprint density at radius 3 is 2.58 bits per heavy atom. The third kappa shape index (κ3) is 3.27. The van der Waals surface area contributed by atoms with Crippen molar-refractivity contribution in [3.8, 4) is 6.01 Å². The maximum atomic E-state index is 13.5. The lowest BCUT2D eigenvalue weighted by Gasteiger charge is -2.09. The molecule has 100 valence electrons. The molecular weight excluding hydrogens is 249 g/mol. The van der Waals surface area contributed by atoms with Crippen LogP contribution in [0.3, 0.4) is 0 Å². The Balaban J connectivity index is 2.29. The number of para-hydroxylation sites is 1. The number of anilines is 3. The number of hydrogen-bond donors (Lipinski definition) is 2. The molecule has 1 aromatic carbocycles. The summed E-state index contributed by atoms with van der Waals surface area (Å²) < 4.78 is 18.5. The van der Waals surface area contributed by atoms with Crippen molar-refractivity contribution < 1.29 is 9.13 Å². The molecule has 7 heteroatoms. The molecule has 0 saturated heterocycles. The quantitative estimate of drug-likeness (QED) is 0.861. The average Bonchev–Trinajstić information content (AvgIpc) is 2.41. The zero-order valence-electron chi connectivity index (χ0n) is 10.6. The molecule has 0 fully saturated rings. The average molecular weight is 263 g/mol. The van der Waals surface area contributed by atoms with Crippen LogP contribution in [-0.4, -0.2) is 28.6 Å². The van der Waals surface area contributed by atoms with Crippen LogP contribution in [0.15, 0.2) is 24.3 Å². The second-order valence-corrected chi connectivity index (χ2v) is 3.60. The number of hydrogen-bond acceptors (Lipinski definition) is 6. The van der Waals surface area contributed by atoms with Crippen LogP contribution in [0.2, 0.25) is 0 Å². The highest BCUT2D eigenvalue weighted by atomic mass is 19.1. The van der Waals surface area contributed by atoms with Gasteiger partial charge in [0.15, 0.2) is 0 Å². The number of rotatable bonds is 5. The minimum atomic E-state index is -0.383. The normalized spacial score (nSPS) is 10.1. The van der Waals surface area contributed by atoms with Gasteiger partial charge in [-0.1, -0.05) is 12.1 Å². The van der Waals surface area contributed by atoms with Crippen LogP contribution in [0.5, 0.6) is 6.01 Å². The first-order valence-electron chi connectivity index (χ1n) is 5.78. The zero-order valence-corrected chi connectivity index (χ0v) is 10.6. The summed E-state index contributed by atoms with van der Waals surface area (Å²) in [7, 11) is 1.46. The third-order valence-electron chi connectivity index (χ3n) is 2.25. The summed E-state index contributed by atoms with van der Waals surface area (Å²) in [6.07, 6.45) is 0. The van der Waals surface area contributed by atoms with Crippen LogP contribution in [-0.2, 0) is 0 Å². The number of aromatic nitrogens is 3. The fourth-order valence-electron chi connectivity index (χ4n) is 1.42. The van der Waals surface area contributed by atoms with Crippen molar-refractivity contribution in [3.63, 3.8) is 0 Å². The van der Waals surface area contributed by atoms with E-state index >= 15 is 0 Å². The van der Waals surface area contributed by atoms with Crippen LogP contribution in [0.25, 0.3) is 0 Å². The molecule has 0 spiro atoms. The van der Waals surface area contributed by atoms with Gasteiger partial charge in [0, 0.05) is 6.54 Å². The fraction of sp³-hybridized carbons (Fsp3) is 0.250. The Hall–Kier alpha value is -2.44. The summed E-state index contributed by atoms with van der Waals surface area (Å²) >= 11 is 0. The van der Waals surface area contributed by atoms with Crippen LogP contribution < -0.4 is 15.4 Å². The summed E-state index contributed by atoms with van der Waals surface area (Å²) in [5.41, 5.74) is 0.290. The van der Waals surface area contributed by atoms with Crippen LogP contribution >= 0.6 is 0 Å². The van der Waals surface area contributed by atoms with Gasteiger partial charge in [-0.15, -0.1) is 0 Å². The number of halogens is 1. The van der Waals surface area contributed by atoms with Gasteiger partial charge in [-0.3, -0.25) is 0 Å². The Labute approximate surface area is 110 Å². The number of benzene rings is 1. The van der Waals surface area contributed by atoms with Gasteiger partial charge in [0.2, 0.25) is 11.9 Å². The van der Waals surface area contributed by atoms with E-state index < -0.39 is 0 Å². The molecule has 0 aliphatic carbocycles. The van der Waals surface area contributed by atoms with Crippen molar-refractivity contribution in [2.45, 2.75) is 6.92 Å². The molecule has 0 atom stereocenters. The molecular formula is C12H14FN5O. The summed E-state index contributed by atoms with van der Waals surface area (Å²) in [6, 6.07) is 6.43. The van der Waals surface area contributed by atoms with Gasteiger partial charge in [0.25, 0.3) is 0 Å². The van der Waals surface area contributed by atoms with Crippen LogP contribution in [0.1, 0.15) is 6.92 Å². The summed E-state index contributed by atoms with van der Waals surface area (Å²) in [5, 5.41) is 5.74. The minimum Gasteiger partial charge on any atom is -0.467 e. The predicted octanol–water partition coefficient (Wildman–Crippen LogP) is 2.19. The summed E-state index contributed by atoms with van der Waals surface area (Å²) in [4.78, 5) is 12.1. The zero-order chi connectivity index (χ0) is 13.7. The Bertz CT molecular complexity index is 564. The van der Waals surface area contributed by atoms with Crippen molar-refractivity contribution in [2.24, 2.45) is 0 Å². The van der Waals surface area contributed by atoms with Gasteiger partial charge in [0.1, 0.15) is 5.82 Å². The van der Waals surface area contributed by atoms with Gasteiger partial charge in [-0.25, -0.2) is 4.39 Å². The van der Waals surface area contributed by atoms with E-state index in [1.807, 2.05) is 6.92 Å². The van der Waals surface area contributed by atoms with Gasteiger partial charge in [-0.2, -0.15) is 15.0 Å². The monoisotopic (exact) mass is 263 g/mol. The smallest absolute Gasteiger partial charge is 0.322 e. The van der Waals surface area contributed by atoms with Crippen molar-refractivity contribution in [2.75, 3.05) is 24.3 Å². The van der Waals surface area contributed by atoms with Crippen LogP contribution in [0.4, 0.5) is 22.0 Å². The molecule has 0 saturated carbocycles. The number of methoxy groups -OCH3 is 1. The fourth-order valence-corrected chi connectivity index (χ4v) is 1.42. The van der Waals surface area contributed by atoms with E-state index in [0.717, 1.165) is 0 Å². The Morgan fingerprint density at radius 2 is 1.89 bits per heavy atom. The summed E-state index contributed by atoms with van der Waals surface area (Å²) in [5.74, 6) is 0.202. The lowest BCUT2D eigenvalue weighted by atomic mass is 10.3. The molecule has 0 radical (unpaired) electrons. The first kappa shape index (κ1) is 13.0. The molecule has 6 nitrogen and oxygen atoms in total. The lowest BCUT2D eigenvalue weighted by molar-refractivity contribution is 0.379.